The Morgan fingerprint density at radius 3 is 2.38 bits per heavy atom. The van der Waals surface area contributed by atoms with Crippen LogP contribution >= 0.6 is 11.6 Å². The summed E-state index contributed by atoms with van der Waals surface area (Å²) in [5.41, 5.74) is 1.08. The van der Waals surface area contributed by atoms with E-state index >= 15 is 0 Å². The molecule has 0 unspecified atom stereocenters. The van der Waals surface area contributed by atoms with E-state index < -0.39 is 11.9 Å². The number of carbonyl (C=O) groups excluding carboxylic acids is 3. The number of phenolic OH excluding ortho intramolecular Hbond substituents is 1. The van der Waals surface area contributed by atoms with Gasteiger partial charge in [0.05, 0.1) is 17.2 Å². The summed E-state index contributed by atoms with van der Waals surface area (Å²) in [7, 11) is 0. The molecule has 2 amide bonds. The van der Waals surface area contributed by atoms with E-state index in [1.54, 1.807) is 30.9 Å². The summed E-state index contributed by atoms with van der Waals surface area (Å²) in [4.78, 5) is 38.3. The van der Waals surface area contributed by atoms with Crippen molar-refractivity contribution in [2.45, 2.75) is 46.0 Å². The van der Waals surface area contributed by atoms with Crippen molar-refractivity contribution >= 4 is 35.1 Å². The monoisotopic (exact) mass is 488 g/mol. The van der Waals surface area contributed by atoms with Crippen molar-refractivity contribution in [3.8, 4) is 17.2 Å². The van der Waals surface area contributed by atoms with Gasteiger partial charge >= 0.3 is 11.9 Å². The molecule has 2 aromatic rings. The van der Waals surface area contributed by atoms with Crippen LogP contribution in [0.2, 0.25) is 5.02 Å². The number of carbonyl (C=O) groups is 3. The van der Waals surface area contributed by atoms with Crippen molar-refractivity contribution in [3.05, 3.63) is 46.5 Å². The maximum Gasteiger partial charge on any atom is 0.397 e. The van der Waals surface area contributed by atoms with E-state index in [2.05, 4.69) is 10.1 Å². The van der Waals surface area contributed by atoms with Gasteiger partial charge in [0, 0.05) is 18.8 Å². The number of aromatic hydroxyl groups is 1. The van der Waals surface area contributed by atoms with Gasteiger partial charge in [-0.15, -0.1) is 0 Å². The lowest BCUT2D eigenvalue weighted by Gasteiger charge is -2.25. The van der Waals surface area contributed by atoms with Crippen LogP contribution in [0.15, 0.2) is 30.3 Å². The Kier molecular flexibility index (Phi) is 8.76. The number of anilines is 1. The van der Waals surface area contributed by atoms with E-state index in [-0.39, 0.29) is 28.8 Å². The maximum absolute atomic E-state index is 13.1. The first kappa shape index (κ1) is 25.4. The molecule has 1 fully saturated rings. The maximum atomic E-state index is 13.1. The molecule has 0 atom stereocenters. The van der Waals surface area contributed by atoms with Gasteiger partial charge in [-0.05, 0) is 62.6 Å². The number of nitrogens with one attached hydrogen (secondary N) is 1. The SMILES string of the molecule is CCOC(=O)C(=O)Nc1cc(C)c(Oc2ccc(O)c(C(=O)N3CCCCCCC3)c2)c(Cl)c1. The Bertz CT molecular complexity index is 1040. The van der Waals surface area contributed by atoms with Gasteiger partial charge in [-0.3, -0.25) is 9.59 Å². The molecule has 1 saturated heterocycles. The zero-order valence-electron chi connectivity index (χ0n) is 19.4. The van der Waals surface area contributed by atoms with Gasteiger partial charge in [0.2, 0.25) is 0 Å². The van der Waals surface area contributed by atoms with Crippen LogP contribution < -0.4 is 10.1 Å². The summed E-state index contributed by atoms with van der Waals surface area (Å²) in [6.07, 6.45) is 5.25. The third kappa shape index (κ3) is 6.41. The highest BCUT2D eigenvalue weighted by Crippen LogP contribution is 2.37. The molecular formula is C25H29ClN2O6. The van der Waals surface area contributed by atoms with E-state index in [9.17, 15) is 19.5 Å². The highest BCUT2D eigenvalue weighted by molar-refractivity contribution is 6.37. The van der Waals surface area contributed by atoms with Crippen molar-refractivity contribution < 1.29 is 29.0 Å². The van der Waals surface area contributed by atoms with E-state index in [1.165, 1.54) is 24.6 Å². The van der Waals surface area contributed by atoms with Crippen LogP contribution in [0.25, 0.3) is 0 Å². The molecule has 3 rings (SSSR count). The molecule has 2 aromatic carbocycles. The van der Waals surface area contributed by atoms with Crippen molar-refractivity contribution in [1.82, 2.24) is 4.90 Å². The molecule has 182 valence electrons. The normalized spacial score (nSPS) is 14.0. The highest BCUT2D eigenvalue weighted by Gasteiger charge is 2.21. The zero-order valence-corrected chi connectivity index (χ0v) is 20.1. The Morgan fingerprint density at radius 2 is 1.74 bits per heavy atom. The smallest absolute Gasteiger partial charge is 0.397 e. The summed E-state index contributed by atoms with van der Waals surface area (Å²) in [6.45, 7) is 4.75. The van der Waals surface area contributed by atoms with E-state index in [1.807, 2.05) is 0 Å². The predicted molar refractivity (Wildman–Crippen MR) is 129 cm³/mol. The fourth-order valence-corrected chi connectivity index (χ4v) is 4.10. The molecule has 0 aromatic heterocycles. The number of amides is 2. The number of aryl methyl sites for hydroxylation is 1. The standard InChI is InChI=1S/C25H29ClN2O6/c1-3-33-25(32)23(30)27-17-13-16(2)22(20(26)14-17)34-18-9-10-21(29)19(15-18)24(31)28-11-7-5-4-6-8-12-28/h9-10,13-15,29H,3-8,11-12H2,1-2H3,(H,27,30). The summed E-state index contributed by atoms with van der Waals surface area (Å²) < 4.78 is 10.6. The number of benzene rings is 2. The molecule has 2 N–H and O–H groups in total. The molecule has 1 aliphatic rings. The van der Waals surface area contributed by atoms with Gasteiger partial charge in [-0.25, -0.2) is 4.79 Å². The highest BCUT2D eigenvalue weighted by atomic mass is 35.5. The second kappa shape index (κ2) is 11.7. The lowest BCUT2D eigenvalue weighted by Crippen LogP contribution is -2.33. The number of ether oxygens (including phenoxy) is 2. The number of rotatable bonds is 5. The first-order valence-electron chi connectivity index (χ1n) is 11.4. The minimum absolute atomic E-state index is 0.0910. The van der Waals surface area contributed by atoms with E-state index in [4.69, 9.17) is 16.3 Å². The number of hydrogen-bond donors (Lipinski definition) is 2. The average molecular weight is 489 g/mol. The molecule has 0 bridgehead atoms. The fraction of sp³-hybridized carbons (Fsp3) is 0.400. The Morgan fingerprint density at radius 1 is 1.06 bits per heavy atom. The second-order valence-electron chi connectivity index (χ2n) is 8.12. The molecule has 1 heterocycles. The summed E-state index contributed by atoms with van der Waals surface area (Å²) in [6, 6.07) is 7.52. The van der Waals surface area contributed by atoms with E-state index in [0.717, 1.165) is 25.7 Å². The topological polar surface area (TPSA) is 105 Å². The quantitative estimate of drug-likeness (QED) is 0.450. The number of esters is 1. The Labute approximate surface area is 203 Å². The molecule has 1 aliphatic heterocycles. The summed E-state index contributed by atoms with van der Waals surface area (Å²) in [5, 5.41) is 13.0. The lowest BCUT2D eigenvalue weighted by atomic mass is 10.1. The van der Waals surface area contributed by atoms with Crippen LogP contribution in [-0.4, -0.2) is 47.5 Å². The van der Waals surface area contributed by atoms with E-state index in [0.29, 0.717) is 35.8 Å². The van der Waals surface area contributed by atoms with Crippen LogP contribution in [0.5, 0.6) is 17.2 Å². The minimum atomic E-state index is -0.988. The number of nitrogens with zero attached hydrogens (tertiary/aromatic N) is 1. The predicted octanol–water partition coefficient (Wildman–Crippen LogP) is 5.05. The third-order valence-electron chi connectivity index (χ3n) is 5.51. The Balaban J connectivity index is 1.78. The lowest BCUT2D eigenvalue weighted by molar-refractivity contribution is -0.152. The number of phenols is 1. The molecule has 0 spiro atoms. The van der Waals surface area contributed by atoms with Crippen molar-refractivity contribution in [3.63, 3.8) is 0 Å². The average Bonchev–Trinajstić information content (AvgIpc) is 2.77. The van der Waals surface area contributed by atoms with Crippen LogP contribution in [-0.2, 0) is 14.3 Å². The van der Waals surface area contributed by atoms with Crippen molar-refractivity contribution in [2.24, 2.45) is 0 Å². The van der Waals surface area contributed by atoms with Gasteiger partial charge in [0.25, 0.3) is 5.91 Å². The summed E-state index contributed by atoms with van der Waals surface area (Å²) in [5.74, 6) is -1.58. The minimum Gasteiger partial charge on any atom is -0.507 e. The fourth-order valence-electron chi connectivity index (χ4n) is 3.80. The van der Waals surface area contributed by atoms with Crippen molar-refractivity contribution in [1.29, 1.82) is 0 Å². The van der Waals surface area contributed by atoms with Crippen LogP contribution in [0.1, 0.15) is 54.9 Å². The molecule has 0 radical (unpaired) electrons. The van der Waals surface area contributed by atoms with Crippen LogP contribution in [0, 0.1) is 6.92 Å². The largest absolute Gasteiger partial charge is 0.507 e. The first-order chi connectivity index (χ1) is 16.3. The van der Waals surface area contributed by atoms with Gasteiger partial charge in [0.1, 0.15) is 17.2 Å². The number of hydrogen-bond acceptors (Lipinski definition) is 6. The summed E-state index contributed by atoms with van der Waals surface area (Å²) >= 11 is 6.38. The molecule has 0 aliphatic carbocycles. The Hall–Kier alpha value is -3.26. The van der Waals surface area contributed by atoms with Crippen molar-refractivity contribution in [2.75, 3.05) is 25.0 Å². The zero-order chi connectivity index (χ0) is 24.7. The van der Waals surface area contributed by atoms with Gasteiger partial charge < -0.3 is 24.8 Å². The molecule has 9 heteroatoms. The van der Waals surface area contributed by atoms with Gasteiger partial charge in [-0.2, -0.15) is 0 Å². The number of likely N-dealkylation sites (tertiary alicyclic amines) is 1. The molecular weight excluding hydrogens is 460 g/mol. The molecule has 0 saturated carbocycles. The van der Waals surface area contributed by atoms with Gasteiger partial charge in [-0.1, -0.05) is 30.9 Å². The third-order valence-corrected chi connectivity index (χ3v) is 5.79. The molecule has 34 heavy (non-hydrogen) atoms. The van der Waals surface area contributed by atoms with Gasteiger partial charge in [0.15, 0.2) is 0 Å². The second-order valence-corrected chi connectivity index (χ2v) is 8.53. The first-order valence-corrected chi connectivity index (χ1v) is 11.8. The van der Waals surface area contributed by atoms with Crippen LogP contribution in [0.3, 0.4) is 0 Å². The van der Waals surface area contributed by atoms with Crippen LogP contribution in [0.4, 0.5) is 5.69 Å². The molecule has 8 nitrogen and oxygen atoms in total. The number of halogens is 1.